The molecule has 1 fully saturated rings. The number of halogens is 2. The van der Waals surface area contributed by atoms with Gasteiger partial charge in [0.1, 0.15) is 36.6 Å². The molecule has 12 heteroatoms. The summed E-state index contributed by atoms with van der Waals surface area (Å²) >= 11 is 0. The second kappa shape index (κ2) is 35.8. The number of methoxy groups -OCH3 is 1. The number of benzene rings is 2. The Morgan fingerprint density at radius 2 is 1.52 bits per heavy atom. The summed E-state index contributed by atoms with van der Waals surface area (Å²) in [6.45, 7) is 26.4. The standard InChI is InChI=1S/C24H27N5O2.C18H39N.C7H6F2.C7H13NO.C5H10/c1-14-7-8-18-20(11-14)29(5)24(26-18)27-23(30)17-12-15(2)25-19(13-17)22-16(3)28(4)10-9-21(22)31-6;1-6-10-11-16-19(15-8-3)18(12-7-2)14-13-17(5)9-4;1-5-2-6(8)4-7(9)3-5;1-3-4-5-6-7(9)8-2;1-2-4-5-3-1/h7-8,11-13H,9-10H2,1-6H3;17-18H,6-16H2,1-5H3;2-4H,1H3;3H,1,4-6H2,2H3,(H,8,9);1-5H2/p+1. The lowest BCUT2D eigenvalue weighted by Gasteiger charge is -2.32. The summed E-state index contributed by atoms with van der Waals surface area (Å²) in [5.41, 5.74) is 7.66. The molecule has 1 aliphatic heterocycles. The summed E-state index contributed by atoms with van der Waals surface area (Å²) in [7, 11) is 7.29. The van der Waals surface area contributed by atoms with Gasteiger partial charge in [-0.25, -0.2) is 18.3 Å². The van der Waals surface area contributed by atoms with Crippen LogP contribution in [0.4, 0.5) is 14.7 Å². The molecule has 1 aliphatic carbocycles. The summed E-state index contributed by atoms with van der Waals surface area (Å²) in [6, 6.07) is 13.9. The number of allylic oxidation sites excluding steroid dienone is 2. The van der Waals surface area contributed by atoms with Gasteiger partial charge >= 0.3 is 0 Å². The molecule has 10 nitrogen and oxygen atoms in total. The zero-order valence-electron chi connectivity index (χ0n) is 47.6. The Hall–Kier alpha value is -5.23. The first kappa shape index (κ1) is 63.9. The Bertz CT molecular complexity index is 2270. The number of nitrogens with one attached hydrogen (secondary N) is 2. The molecule has 0 radical (unpaired) electrons. The molecule has 2 atom stereocenters. The molecule has 2 aliphatic rings. The van der Waals surface area contributed by atoms with Gasteiger partial charge in [-0.2, -0.15) is 0 Å². The lowest BCUT2D eigenvalue weighted by atomic mass is 9.96. The van der Waals surface area contributed by atoms with Gasteiger partial charge in [0.15, 0.2) is 5.71 Å². The third-order valence-electron chi connectivity index (χ3n) is 13.6. The SMILES string of the molecule is C1CCCC1.C=CCCCC(=O)NC.CCCCCN(CCC)C(CCC)CCC(C)CC.COC1=C(c2cc(C(=O)Nc3nc4ccc(C)cc4n3C)cc(C)n2)C(C)=[N+](C)CC1.Cc1cc(F)cc(F)c1. The number of hydrogen-bond acceptors (Lipinski definition) is 6. The van der Waals surface area contributed by atoms with Gasteiger partial charge in [-0.3, -0.25) is 19.9 Å². The van der Waals surface area contributed by atoms with Crippen molar-refractivity contribution in [2.45, 2.75) is 184 Å². The second-order valence-corrected chi connectivity index (χ2v) is 19.9. The summed E-state index contributed by atoms with van der Waals surface area (Å²) in [5.74, 6) is 1.16. The maximum absolute atomic E-state index is 13.1. The monoisotopic (exact) mass is 1010 g/mol. The van der Waals surface area contributed by atoms with Crippen molar-refractivity contribution in [2.24, 2.45) is 13.0 Å². The minimum atomic E-state index is -0.521. The Balaban J connectivity index is 0.000000366. The normalized spacial score (nSPS) is 13.9. The van der Waals surface area contributed by atoms with Crippen molar-refractivity contribution in [3.05, 3.63) is 107 Å². The molecule has 2 unspecified atom stereocenters. The fourth-order valence-electron chi connectivity index (χ4n) is 8.96. The molecule has 0 spiro atoms. The van der Waals surface area contributed by atoms with Crippen molar-refractivity contribution in [3.63, 3.8) is 0 Å². The zero-order chi connectivity index (χ0) is 54.3. The van der Waals surface area contributed by atoms with Crippen LogP contribution in [0.2, 0.25) is 0 Å². The number of anilines is 1. The quantitative estimate of drug-likeness (QED) is 0.0489. The van der Waals surface area contributed by atoms with E-state index >= 15 is 0 Å². The van der Waals surface area contributed by atoms with Gasteiger partial charge in [0.25, 0.3) is 5.91 Å². The fourth-order valence-corrected chi connectivity index (χ4v) is 8.96. The number of carbonyl (C=O) groups excluding carboxylic acids is 2. The van der Waals surface area contributed by atoms with Crippen LogP contribution in [0.5, 0.6) is 0 Å². The molecule has 6 rings (SSSR count). The summed E-state index contributed by atoms with van der Waals surface area (Å²) in [6.07, 6.45) is 24.9. The van der Waals surface area contributed by atoms with Gasteiger partial charge in [0.05, 0.1) is 30.3 Å². The first-order chi connectivity index (χ1) is 35.0. The third-order valence-corrected chi connectivity index (χ3v) is 13.6. The van der Waals surface area contributed by atoms with E-state index in [1.807, 2.05) is 49.7 Å². The van der Waals surface area contributed by atoms with Gasteiger partial charge in [-0.1, -0.05) is 105 Å². The van der Waals surface area contributed by atoms with Gasteiger partial charge in [-0.15, -0.1) is 6.58 Å². The minimum absolute atomic E-state index is 0.108. The first-order valence-electron chi connectivity index (χ1n) is 27.5. The highest BCUT2D eigenvalue weighted by atomic mass is 19.1. The number of carbonyl (C=O) groups is 2. The fraction of sp³-hybridized carbons (Fsp3) is 0.590. The predicted octanol–water partition coefficient (Wildman–Crippen LogP) is 14.9. The molecule has 73 heavy (non-hydrogen) atoms. The Kier molecular flexibility index (Phi) is 31.4. The van der Waals surface area contributed by atoms with E-state index < -0.39 is 11.6 Å². The van der Waals surface area contributed by atoms with E-state index in [0.717, 1.165) is 88.9 Å². The molecule has 4 aromatic rings. The molecule has 2 aromatic heterocycles. The van der Waals surface area contributed by atoms with E-state index in [9.17, 15) is 18.4 Å². The zero-order valence-corrected chi connectivity index (χ0v) is 47.6. The van der Waals surface area contributed by atoms with Crippen LogP contribution in [0.25, 0.3) is 16.6 Å². The number of amides is 2. The van der Waals surface area contributed by atoms with E-state index in [2.05, 4.69) is 86.3 Å². The molecular weight excluding hydrogens is 917 g/mol. The van der Waals surface area contributed by atoms with Crippen LogP contribution in [0, 0.1) is 38.3 Å². The van der Waals surface area contributed by atoms with E-state index in [0.29, 0.717) is 23.5 Å². The molecular formula is C61H96F2N7O3+. The Labute approximate surface area is 440 Å². The van der Waals surface area contributed by atoms with E-state index in [1.165, 1.54) is 115 Å². The lowest BCUT2D eigenvalue weighted by molar-refractivity contribution is -0.497. The lowest BCUT2D eigenvalue weighted by Crippen LogP contribution is -2.37. The first-order valence-corrected chi connectivity index (χ1v) is 27.5. The molecule has 2 N–H and O–H groups in total. The van der Waals surface area contributed by atoms with Crippen LogP contribution < -0.4 is 10.6 Å². The number of unbranched alkanes of at least 4 members (excludes halogenated alkanes) is 3. The van der Waals surface area contributed by atoms with E-state index in [-0.39, 0.29) is 11.8 Å². The maximum atomic E-state index is 13.1. The van der Waals surface area contributed by atoms with Crippen LogP contribution >= 0.6 is 0 Å². The number of aromatic nitrogens is 3. The maximum Gasteiger partial charge on any atom is 0.258 e. The Morgan fingerprint density at radius 1 is 0.849 bits per heavy atom. The van der Waals surface area contributed by atoms with E-state index in [1.54, 1.807) is 27.1 Å². The second-order valence-electron chi connectivity index (χ2n) is 19.9. The number of rotatable bonds is 21. The number of pyridine rings is 1. The average molecular weight is 1010 g/mol. The largest absolute Gasteiger partial charge is 0.500 e. The molecule has 2 aromatic carbocycles. The Morgan fingerprint density at radius 3 is 2.08 bits per heavy atom. The van der Waals surface area contributed by atoms with Crippen molar-refractivity contribution in [3.8, 4) is 0 Å². The molecule has 0 saturated heterocycles. The number of imidazole rings is 1. The molecule has 2 amide bonds. The number of ether oxygens (including phenoxy) is 1. The van der Waals surface area contributed by atoms with Crippen LogP contribution in [0.15, 0.2) is 66.9 Å². The molecule has 1 saturated carbocycles. The number of fused-ring (bicyclic) bond motifs is 1. The summed E-state index contributed by atoms with van der Waals surface area (Å²) < 4.78 is 34.1. The molecule has 3 heterocycles. The number of aryl methyl sites for hydroxylation is 4. The topological polar surface area (TPSA) is 104 Å². The van der Waals surface area contributed by atoms with Gasteiger partial charge < -0.3 is 19.5 Å². The molecule has 0 bridgehead atoms. The van der Waals surface area contributed by atoms with Crippen molar-refractivity contribution >= 4 is 40.1 Å². The van der Waals surface area contributed by atoms with Crippen LogP contribution in [-0.4, -0.2) is 88.4 Å². The molecule has 406 valence electrons. The van der Waals surface area contributed by atoms with Gasteiger partial charge in [0, 0.05) is 50.8 Å². The van der Waals surface area contributed by atoms with E-state index in [4.69, 9.17) is 9.72 Å². The third kappa shape index (κ3) is 23.7. The highest BCUT2D eigenvalue weighted by Gasteiger charge is 2.27. The minimum Gasteiger partial charge on any atom is -0.500 e. The van der Waals surface area contributed by atoms with Crippen molar-refractivity contribution in [1.82, 2.24) is 24.8 Å². The van der Waals surface area contributed by atoms with Crippen molar-refractivity contribution in [1.29, 1.82) is 0 Å². The summed E-state index contributed by atoms with van der Waals surface area (Å²) in [5, 5.41) is 5.51. The van der Waals surface area contributed by atoms with Gasteiger partial charge in [-0.05, 0) is 132 Å². The van der Waals surface area contributed by atoms with Gasteiger partial charge in [0.2, 0.25) is 11.9 Å². The van der Waals surface area contributed by atoms with Crippen LogP contribution in [0.1, 0.15) is 190 Å². The number of hydrogen-bond donors (Lipinski definition) is 2. The van der Waals surface area contributed by atoms with Crippen molar-refractivity contribution in [2.75, 3.05) is 46.2 Å². The average Bonchev–Trinajstić information content (AvgIpc) is 4.05. The number of nitrogens with zero attached hydrogens (tertiary/aromatic N) is 5. The highest BCUT2D eigenvalue weighted by Crippen LogP contribution is 2.27. The van der Waals surface area contributed by atoms with Crippen LogP contribution in [0.3, 0.4) is 0 Å². The summed E-state index contributed by atoms with van der Waals surface area (Å²) in [4.78, 5) is 35.8. The predicted molar refractivity (Wildman–Crippen MR) is 304 cm³/mol. The smallest absolute Gasteiger partial charge is 0.258 e. The van der Waals surface area contributed by atoms with Crippen LogP contribution in [-0.2, 0) is 16.6 Å². The van der Waals surface area contributed by atoms with Crippen molar-refractivity contribution < 1.29 is 27.7 Å². The highest BCUT2D eigenvalue weighted by molar-refractivity contribution is 6.21.